The van der Waals surface area contributed by atoms with E-state index in [4.69, 9.17) is 5.11 Å². The summed E-state index contributed by atoms with van der Waals surface area (Å²) in [5.74, 6) is -0.811. The molecule has 2 aromatic carbocycles. The van der Waals surface area contributed by atoms with Crippen molar-refractivity contribution in [3.05, 3.63) is 66.2 Å². The standard InChI is InChI=1S/C17H19NO2/c1-14(12-15-8-4-2-5-9-15)18(13-17(19)20)16-10-6-3-7-11-16/h2-11,14H,12-13H2,1H3,(H,19,20)/t14-/m1/s1. The van der Waals surface area contributed by atoms with Crippen LogP contribution in [0.25, 0.3) is 0 Å². The SMILES string of the molecule is C[C@H](Cc1ccccc1)N(CC(=O)O)c1ccccc1. The fraction of sp³-hybridized carbons (Fsp3) is 0.235. The van der Waals surface area contributed by atoms with E-state index < -0.39 is 5.97 Å². The molecule has 1 N–H and O–H groups in total. The molecule has 0 unspecified atom stereocenters. The van der Waals surface area contributed by atoms with Gasteiger partial charge >= 0.3 is 5.97 Å². The number of anilines is 1. The average Bonchev–Trinajstić information content (AvgIpc) is 2.46. The van der Waals surface area contributed by atoms with Crippen LogP contribution in [-0.4, -0.2) is 23.7 Å². The maximum absolute atomic E-state index is 11.1. The first kappa shape index (κ1) is 14.1. The third-order valence-corrected chi connectivity index (χ3v) is 3.30. The average molecular weight is 269 g/mol. The van der Waals surface area contributed by atoms with E-state index in [-0.39, 0.29) is 12.6 Å². The number of para-hydroxylation sites is 1. The summed E-state index contributed by atoms with van der Waals surface area (Å²) in [5, 5.41) is 9.12. The van der Waals surface area contributed by atoms with Crippen molar-refractivity contribution in [1.82, 2.24) is 0 Å². The number of benzene rings is 2. The minimum absolute atomic E-state index is 0.0119. The second kappa shape index (κ2) is 6.75. The normalized spacial score (nSPS) is 11.8. The predicted octanol–water partition coefficient (Wildman–Crippen LogP) is 3.21. The Hall–Kier alpha value is -2.29. The molecule has 0 saturated carbocycles. The van der Waals surface area contributed by atoms with Gasteiger partial charge in [0.2, 0.25) is 0 Å². The van der Waals surface area contributed by atoms with Crippen molar-refractivity contribution >= 4 is 11.7 Å². The van der Waals surface area contributed by atoms with Crippen molar-refractivity contribution in [2.75, 3.05) is 11.4 Å². The van der Waals surface area contributed by atoms with Crippen LogP contribution >= 0.6 is 0 Å². The van der Waals surface area contributed by atoms with Gasteiger partial charge in [0.15, 0.2) is 0 Å². The van der Waals surface area contributed by atoms with Crippen molar-refractivity contribution < 1.29 is 9.90 Å². The summed E-state index contributed by atoms with van der Waals surface area (Å²) in [7, 11) is 0. The number of hydrogen-bond acceptors (Lipinski definition) is 2. The Morgan fingerprint density at radius 3 is 2.15 bits per heavy atom. The van der Waals surface area contributed by atoms with Gasteiger partial charge in [-0.05, 0) is 31.0 Å². The molecule has 0 aliphatic rings. The van der Waals surface area contributed by atoms with Crippen molar-refractivity contribution in [3.8, 4) is 0 Å². The molecule has 20 heavy (non-hydrogen) atoms. The van der Waals surface area contributed by atoms with Gasteiger partial charge < -0.3 is 10.0 Å². The molecule has 2 aromatic rings. The summed E-state index contributed by atoms with van der Waals surface area (Å²) in [6, 6.07) is 20.0. The van der Waals surface area contributed by atoms with Crippen LogP contribution < -0.4 is 4.90 Å². The van der Waals surface area contributed by atoms with Crippen molar-refractivity contribution in [3.63, 3.8) is 0 Å². The van der Waals surface area contributed by atoms with E-state index >= 15 is 0 Å². The number of rotatable bonds is 6. The lowest BCUT2D eigenvalue weighted by molar-refractivity contribution is -0.135. The van der Waals surface area contributed by atoms with Gasteiger partial charge in [0.05, 0.1) is 0 Å². The molecule has 3 nitrogen and oxygen atoms in total. The summed E-state index contributed by atoms with van der Waals surface area (Å²) in [4.78, 5) is 13.0. The molecule has 0 fully saturated rings. The molecule has 0 amide bonds. The Morgan fingerprint density at radius 1 is 1.05 bits per heavy atom. The number of aliphatic carboxylic acids is 1. The van der Waals surface area contributed by atoms with Gasteiger partial charge in [0.25, 0.3) is 0 Å². The van der Waals surface area contributed by atoms with Gasteiger partial charge in [0, 0.05) is 11.7 Å². The number of carboxylic acid groups (broad SMARTS) is 1. The summed E-state index contributed by atoms with van der Waals surface area (Å²) in [6.45, 7) is 2.07. The Morgan fingerprint density at radius 2 is 1.60 bits per heavy atom. The van der Waals surface area contributed by atoms with Crippen LogP contribution in [0.3, 0.4) is 0 Å². The molecule has 0 aliphatic carbocycles. The van der Waals surface area contributed by atoms with Gasteiger partial charge in [-0.2, -0.15) is 0 Å². The van der Waals surface area contributed by atoms with E-state index in [2.05, 4.69) is 19.1 Å². The van der Waals surface area contributed by atoms with Crippen LogP contribution in [0, 0.1) is 0 Å². The van der Waals surface area contributed by atoms with E-state index in [1.165, 1.54) is 5.56 Å². The Balaban J connectivity index is 2.16. The lowest BCUT2D eigenvalue weighted by Gasteiger charge is -2.30. The highest BCUT2D eigenvalue weighted by atomic mass is 16.4. The smallest absolute Gasteiger partial charge is 0.323 e. The highest BCUT2D eigenvalue weighted by Crippen LogP contribution is 2.18. The first-order valence-electron chi connectivity index (χ1n) is 6.74. The van der Waals surface area contributed by atoms with Crippen LogP contribution in [0.1, 0.15) is 12.5 Å². The zero-order valence-corrected chi connectivity index (χ0v) is 11.6. The summed E-state index contributed by atoms with van der Waals surface area (Å²) in [6.07, 6.45) is 0.822. The number of carboxylic acids is 1. The number of carbonyl (C=O) groups is 1. The minimum Gasteiger partial charge on any atom is -0.480 e. The zero-order chi connectivity index (χ0) is 14.4. The minimum atomic E-state index is -0.811. The molecular weight excluding hydrogens is 250 g/mol. The summed E-state index contributed by atoms with van der Waals surface area (Å²) < 4.78 is 0. The van der Waals surface area contributed by atoms with Crippen molar-refractivity contribution in [1.29, 1.82) is 0 Å². The van der Waals surface area contributed by atoms with E-state index in [1.54, 1.807) is 0 Å². The van der Waals surface area contributed by atoms with Gasteiger partial charge in [0.1, 0.15) is 6.54 Å². The predicted molar refractivity (Wildman–Crippen MR) is 81.0 cm³/mol. The molecule has 0 aliphatic heterocycles. The third-order valence-electron chi connectivity index (χ3n) is 3.30. The van der Waals surface area contributed by atoms with Crippen LogP contribution in [0.2, 0.25) is 0 Å². The highest BCUT2D eigenvalue weighted by molar-refractivity contribution is 5.74. The summed E-state index contributed by atoms with van der Waals surface area (Å²) >= 11 is 0. The topological polar surface area (TPSA) is 40.5 Å². The third kappa shape index (κ3) is 3.85. The summed E-state index contributed by atoms with van der Waals surface area (Å²) in [5.41, 5.74) is 2.16. The van der Waals surface area contributed by atoms with Crippen LogP contribution in [0.5, 0.6) is 0 Å². The lowest BCUT2D eigenvalue weighted by atomic mass is 10.1. The quantitative estimate of drug-likeness (QED) is 0.875. The van der Waals surface area contributed by atoms with E-state index in [0.717, 1.165) is 12.1 Å². The molecule has 0 radical (unpaired) electrons. The van der Waals surface area contributed by atoms with E-state index in [9.17, 15) is 4.79 Å². The van der Waals surface area contributed by atoms with E-state index in [1.807, 2.05) is 53.4 Å². The van der Waals surface area contributed by atoms with Crippen molar-refractivity contribution in [2.24, 2.45) is 0 Å². The molecule has 104 valence electrons. The van der Waals surface area contributed by atoms with Crippen molar-refractivity contribution in [2.45, 2.75) is 19.4 Å². The van der Waals surface area contributed by atoms with Gasteiger partial charge in [-0.25, -0.2) is 0 Å². The van der Waals surface area contributed by atoms with Crippen LogP contribution in [-0.2, 0) is 11.2 Å². The number of nitrogens with zero attached hydrogens (tertiary/aromatic N) is 1. The molecule has 0 spiro atoms. The first-order chi connectivity index (χ1) is 9.66. The fourth-order valence-electron chi connectivity index (χ4n) is 2.33. The maximum atomic E-state index is 11.1. The molecule has 0 aromatic heterocycles. The molecule has 0 bridgehead atoms. The molecular formula is C17H19NO2. The maximum Gasteiger partial charge on any atom is 0.323 e. The van der Waals surface area contributed by atoms with Crippen LogP contribution in [0.15, 0.2) is 60.7 Å². The monoisotopic (exact) mass is 269 g/mol. The van der Waals surface area contributed by atoms with Crippen LogP contribution in [0.4, 0.5) is 5.69 Å². The largest absolute Gasteiger partial charge is 0.480 e. The van der Waals surface area contributed by atoms with Gasteiger partial charge in [-0.15, -0.1) is 0 Å². The Bertz CT molecular complexity index is 539. The molecule has 0 heterocycles. The Kier molecular flexibility index (Phi) is 4.77. The first-order valence-corrected chi connectivity index (χ1v) is 6.74. The lowest BCUT2D eigenvalue weighted by Crippen LogP contribution is -2.38. The van der Waals surface area contributed by atoms with E-state index in [0.29, 0.717) is 0 Å². The second-order valence-electron chi connectivity index (χ2n) is 4.90. The van der Waals surface area contributed by atoms with Gasteiger partial charge in [-0.3, -0.25) is 4.79 Å². The molecule has 0 saturated heterocycles. The second-order valence-corrected chi connectivity index (χ2v) is 4.90. The molecule has 1 atom stereocenters. The molecule has 3 heteroatoms. The number of hydrogen-bond donors (Lipinski definition) is 1. The fourth-order valence-corrected chi connectivity index (χ4v) is 2.33. The van der Waals surface area contributed by atoms with Gasteiger partial charge in [-0.1, -0.05) is 48.5 Å². The zero-order valence-electron chi connectivity index (χ0n) is 11.6. The highest BCUT2D eigenvalue weighted by Gasteiger charge is 2.17. The molecule has 2 rings (SSSR count). The Labute approximate surface area is 119 Å².